The average Bonchev–Trinajstić information content (AvgIpc) is 2.36. The summed E-state index contributed by atoms with van der Waals surface area (Å²) in [5.41, 5.74) is 2.14. The number of halogens is 3. The predicted octanol–water partition coefficient (Wildman–Crippen LogP) is 3.30. The topological polar surface area (TPSA) is 15.3 Å². The standard InChI is InChI=1S/C14H19F3N2/c1-2-7-19(10-14(15,16)17)12-8-11-5-3-4-6-13(11)18-9-12/h3-6,12,18H,2,7-10H2,1H3. The van der Waals surface area contributed by atoms with Gasteiger partial charge in [0, 0.05) is 18.3 Å². The van der Waals surface area contributed by atoms with E-state index >= 15 is 0 Å². The Labute approximate surface area is 111 Å². The van der Waals surface area contributed by atoms with E-state index in [4.69, 9.17) is 0 Å². The predicted molar refractivity (Wildman–Crippen MR) is 70.3 cm³/mol. The van der Waals surface area contributed by atoms with E-state index in [1.165, 1.54) is 0 Å². The molecular formula is C14H19F3N2. The zero-order chi connectivity index (χ0) is 13.9. The Hall–Kier alpha value is -1.23. The molecule has 1 aliphatic heterocycles. The van der Waals surface area contributed by atoms with E-state index in [0.717, 1.165) is 17.7 Å². The molecule has 5 heteroatoms. The van der Waals surface area contributed by atoms with E-state index in [1.807, 2.05) is 31.2 Å². The number of nitrogens with zero attached hydrogens (tertiary/aromatic N) is 1. The maximum Gasteiger partial charge on any atom is 0.401 e. The summed E-state index contributed by atoms with van der Waals surface area (Å²) in [5.74, 6) is 0. The Kier molecular flexibility index (Phi) is 4.34. The molecule has 106 valence electrons. The number of para-hydroxylation sites is 1. The van der Waals surface area contributed by atoms with Crippen molar-refractivity contribution in [3.8, 4) is 0 Å². The van der Waals surface area contributed by atoms with Crippen molar-refractivity contribution < 1.29 is 13.2 Å². The molecule has 0 spiro atoms. The molecule has 1 aromatic rings. The van der Waals surface area contributed by atoms with Crippen molar-refractivity contribution in [1.29, 1.82) is 0 Å². The smallest absolute Gasteiger partial charge is 0.383 e. The molecule has 0 bridgehead atoms. The summed E-state index contributed by atoms with van der Waals surface area (Å²) in [7, 11) is 0. The summed E-state index contributed by atoms with van der Waals surface area (Å²) in [4.78, 5) is 1.54. The number of nitrogens with one attached hydrogen (secondary N) is 1. The summed E-state index contributed by atoms with van der Waals surface area (Å²) in [6.07, 6.45) is -2.72. The molecule has 1 aromatic carbocycles. The van der Waals surface area contributed by atoms with Crippen LogP contribution in [0.25, 0.3) is 0 Å². The molecule has 0 amide bonds. The fraction of sp³-hybridized carbons (Fsp3) is 0.571. The van der Waals surface area contributed by atoms with Gasteiger partial charge in [-0.1, -0.05) is 25.1 Å². The molecule has 0 saturated carbocycles. The molecular weight excluding hydrogens is 253 g/mol. The molecule has 1 N–H and O–H groups in total. The molecule has 1 heterocycles. The van der Waals surface area contributed by atoms with Gasteiger partial charge in [0.05, 0.1) is 6.54 Å². The normalized spacial score (nSPS) is 19.1. The molecule has 0 aliphatic carbocycles. The van der Waals surface area contributed by atoms with Crippen molar-refractivity contribution >= 4 is 5.69 Å². The summed E-state index contributed by atoms with van der Waals surface area (Å²) in [6, 6.07) is 7.73. The molecule has 2 nitrogen and oxygen atoms in total. The van der Waals surface area contributed by atoms with Gasteiger partial charge < -0.3 is 5.32 Å². The van der Waals surface area contributed by atoms with Crippen molar-refractivity contribution in [2.24, 2.45) is 0 Å². The van der Waals surface area contributed by atoms with Crippen LogP contribution in [0.2, 0.25) is 0 Å². The van der Waals surface area contributed by atoms with Crippen LogP contribution >= 0.6 is 0 Å². The van der Waals surface area contributed by atoms with Gasteiger partial charge in [-0.05, 0) is 31.0 Å². The van der Waals surface area contributed by atoms with Crippen LogP contribution < -0.4 is 5.32 Å². The lowest BCUT2D eigenvalue weighted by Gasteiger charge is -2.36. The van der Waals surface area contributed by atoms with Crippen LogP contribution in [0.4, 0.5) is 18.9 Å². The number of anilines is 1. The minimum atomic E-state index is -4.13. The van der Waals surface area contributed by atoms with Gasteiger partial charge in [0.25, 0.3) is 0 Å². The van der Waals surface area contributed by atoms with Gasteiger partial charge in [-0.15, -0.1) is 0 Å². The quantitative estimate of drug-likeness (QED) is 0.904. The number of hydrogen-bond donors (Lipinski definition) is 1. The van der Waals surface area contributed by atoms with Gasteiger partial charge in [0.15, 0.2) is 0 Å². The zero-order valence-electron chi connectivity index (χ0n) is 11.0. The largest absolute Gasteiger partial charge is 0.401 e. The molecule has 19 heavy (non-hydrogen) atoms. The summed E-state index contributed by atoms with van der Waals surface area (Å²) < 4.78 is 37.9. The van der Waals surface area contributed by atoms with E-state index in [9.17, 15) is 13.2 Å². The third-order valence-corrected chi connectivity index (χ3v) is 3.41. The molecule has 1 unspecified atom stereocenters. The minimum absolute atomic E-state index is 0.0866. The van der Waals surface area contributed by atoms with Crippen LogP contribution in [0.15, 0.2) is 24.3 Å². The van der Waals surface area contributed by atoms with Gasteiger partial charge in [0.2, 0.25) is 0 Å². The van der Waals surface area contributed by atoms with Crippen LogP contribution in [0, 0.1) is 0 Å². The van der Waals surface area contributed by atoms with Crippen molar-refractivity contribution in [3.63, 3.8) is 0 Å². The molecule has 0 fully saturated rings. The minimum Gasteiger partial charge on any atom is -0.383 e. The molecule has 2 rings (SSSR count). The molecule has 1 aliphatic rings. The highest BCUT2D eigenvalue weighted by Crippen LogP contribution is 2.26. The second-order valence-corrected chi connectivity index (χ2v) is 4.98. The van der Waals surface area contributed by atoms with Gasteiger partial charge >= 0.3 is 6.18 Å². The molecule has 1 atom stereocenters. The van der Waals surface area contributed by atoms with Gasteiger partial charge in [-0.2, -0.15) is 13.2 Å². The third kappa shape index (κ3) is 3.86. The van der Waals surface area contributed by atoms with E-state index in [0.29, 0.717) is 19.5 Å². The summed E-state index contributed by atoms with van der Waals surface area (Å²) in [6.45, 7) is 2.14. The fourth-order valence-electron chi connectivity index (χ4n) is 2.59. The SMILES string of the molecule is CCCN(CC(F)(F)F)C1CNc2ccccc2C1. The third-order valence-electron chi connectivity index (χ3n) is 3.41. The second kappa shape index (κ2) is 5.82. The van der Waals surface area contributed by atoms with Gasteiger partial charge in [-0.25, -0.2) is 0 Å². The first kappa shape index (κ1) is 14.2. The van der Waals surface area contributed by atoms with Crippen LogP contribution in [0.3, 0.4) is 0 Å². The van der Waals surface area contributed by atoms with Crippen LogP contribution in [0.1, 0.15) is 18.9 Å². The Morgan fingerprint density at radius 1 is 1.32 bits per heavy atom. The highest BCUT2D eigenvalue weighted by molar-refractivity contribution is 5.53. The highest BCUT2D eigenvalue weighted by Gasteiger charge is 2.34. The van der Waals surface area contributed by atoms with Crippen molar-refractivity contribution in [1.82, 2.24) is 4.90 Å². The average molecular weight is 272 g/mol. The monoisotopic (exact) mass is 272 g/mol. The molecule has 0 saturated heterocycles. The molecule has 0 aromatic heterocycles. The first-order valence-electron chi connectivity index (χ1n) is 6.62. The fourth-order valence-corrected chi connectivity index (χ4v) is 2.59. The Bertz CT molecular complexity index is 417. The van der Waals surface area contributed by atoms with Crippen molar-refractivity contribution in [2.75, 3.05) is 25.0 Å². The van der Waals surface area contributed by atoms with Crippen LogP contribution in [0.5, 0.6) is 0 Å². The van der Waals surface area contributed by atoms with E-state index < -0.39 is 12.7 Å². The molecule has 0 radical (unpaired) electrons. The number of rotatable bonds is 4. The number of benzene rings is 1. The first-order valence-corrected chi connectivity index (χ1v) is 6.62. The lowest BCUT2D eigenvalue weighted by Crippen LogP contribution is -2.48. The van der Waals surface area contributed by atoms with Gasteiger partial charge in [-0.3, -0.25) is 4.90 Å². The lowest BCUT2D eigenvalue weighted by molar-refractivity contribution is -0.150. The number of alkyl halides is 3. The zero-order valence-corrected chi connectivity index (χ0v) is 11.0. The maximum absolute atomic E-state index is 12.6. The Morgan fingerprint density at radius 2 is 2.05 bits per heavy atom. The first-order chi connectivity index (χ1) is 8.99. The Balaban J connectivity index is 2.08. The summed E-state index contributed by atoms with van der Waals surface area (Å²) >= 11 is 0. The number of fused-ring (bicyclic) bond motifs is 1. The van der Waals surface area contributed by atoms with Crippen molar-refractivity contribution in [3.05, 3.63) is 29.8 Å². The summed E-state index contributed by atoms with van der Waals surface area (Å²) in [5, 5.41) is 3.23. The lowest BCUT2D eigenvalue weighted by atomic mass is 9.98. The highest BCUT2D eigenvalue weighted by atomic mass is 19.4. The van der Waals surface area contributed by atoms with E-state index in [2.05, 4.69) is 5.32 Å². The maximum atomic E-state index is 12.6. The van der Waals surface area contributed by atoms with E-state index in [-0.39, 0.29) is 6.04 Å². The van der Waals surface area contributed by atoms with E-state index in [1.54, 1.807) is 4.90 Å². The second-order valence-electron chi connectivity index (χ2n) is 4.98. The van der Waals surface area contributed by atoms with Crippen LogP contribution in [-0.4, -0.2) is 36.8 Å². The van der Waals surface area contributed by atoms with Crippen LogP contribution in [-0.2, 0) is 6.42 Å². The number of hydrogen-bond acceptors (Lipinski definition) is 2. The van der Waals surface area contributed by atoms with Gasteiger partial charge in [0.1, 0.15) is 0 Å². The van der Waals surface area contributed by atoms with Crippen molar-refractivity contribution in [2.45, 2.75) is 32.0 Å². The Morgan fingerprint density at radius 3 is 2.74 bits per heavy atom.